The zero-order valence-electron chi connectivity index (χ0n) is 17.2. The quantitative estimate of drug-likeness (QED) is 0.587. The average Bonchev–Trinajstić information content (AvgIpc) is 3.45. The standard InChI is InChI=1S/C22H24N4O4S/c1-2-9-26(13-18-24-16-8-11-31-19(16)21(28)25-18)22(29)14-5-3-6-15(12-14)23-20(27)17-7-4-10-30-17/h3,5-6,8,11-12,17H,2,4,7,9-10,13H2,1H3,(H,23,27)(H,24,25,28). The second kappa shape index (κ2) is 9.40. The molecule has 1 atom stereocenters. The molecule has 0 spiro atoms. The lowest BCUT2D eigenvalue weighted by atomic mass is 10.1. The summed E-state index contributed by atoms with van der Waals surface area (Å²) in [6, 6.07) is 8.66. The van der Waals surface area contributed by atoms with Crippen LogP contribution in [0.2, 0.25) is 0 Å². The monoisotopic (exact) mass is 440 g/mol. The van der Waals surface area contributed by atoms with Crippen molar-refractivity contribution in [1.82, 2.24) is 14.9 Å². The molecule has 0 bridgehead atoms. The number of ether oxygens (including phenoxy) is 1. The Kier molecular flexibility index (Phi) is 6.43. The van der Waals surface area contributed by atoms with Gasteiger partial charge in [0.2, 0.25) is 0 Å². The van der Waals surface area contributed by atoms with Crippen molar-refractivity contribution in [3.8, 4) is 0 Å². The summed E-state index contributed by atoms with van der Waals surface area (Å²) in [5, 5.41) is 4.65. The van der Waals surface area contributed by atoms with Crippen LogP contribution in [-0.2, 0) is 16.1 Å². The van der Waals surface area contributed by atoms with Crippen LogP contribution in [-0.4, -0.2) is 45.9 Å². The van der Waals surface area contributed by atoms with Gasteiger partial charge in [-0.05, 0) is 48.9 Å². The van der Waals surface area contributed by atoms with E-state index in [4.69, 9.17) is 4.74 Å². The molecule has 8 nitrogen and oxygen atoms in total. The highest BCUT2D eigenvalue weighted by atomic mass is 32.1. The van der Waals surface area contributed by atoms with Crippen molar-refractivity contribution in [3.05, 3.63) is 57.5 Å². The van der Waals surface area contributed by atoms with E-state index in [1.54, 1.807) is 35.2 Å². The second-order valence-electron chi connectivity index (χ2n) is 7.45. The van der Waals surface area contributed by atoms with Gasteiger partial charge in [-0.1, -0.05) is 13.0 Å². The first-order valence-corrected chi connectivity index (χ1v) is 11.2. The molecule has 3 heterocycles. The molecule has 2 aromatic heterocycles. The van der Waals surface area contributed by atoms with E-state index in [9.17, 15) is 14.4 Å². The van der Waals surface area contributed by atoms with Crippen LogP contribution in [0, 0.1) is 0 Å². The number of thiophene rings is 1. The third-order valence-corrected chi connectivity index (χ3v) is 5.99. The first-order valence-electron chi connectivity index (χ1n) is 10.3. The Hall–Kier alpha value is -3.04. The molecule has 1 aromatic carbocycles. The number of hydrogen-bond acceptors (Lipinski definition) is 6. The number of nitrogens with zero attached hydrogens (tertiary/aromatic N) is 2. The maximum Gasteiger partial charge on any atom is 0.268 e. The molecule has 2 N–H and O–H groups in total. The van der Waals surface area contributed by atoms with E-state index < -0.39 is 6.10 Å². The molecular weight excluding hydrogens is 416 g/mol. The van der Waals surface area contributed by atoms with Crippen LogP contribution in [0.1, 0.15) is 42.4 Å². The Bertz CT molecular complexity index is 1150. The summed E-state index contributed by atoms with van der Waals surface area (Å²) < 4.78 is 5.99. The molecule has 3 aromatic rings. The lowest BCUT2D eigenvalue weighted by molar-refractivity contribution is -0.124. The normalized spacial score (nSPS) is 15.8. The highest BCUT2D eigenvalue weighted by molar-refractivity contribution is 7.17. The molecule has 1 unspecified atom stereocenters. The Morgan fingerprint density at radius 1 is 1.35 bits per heavy atom. The number of rotatable bonds is 7. The van der Waals surface area contributed by atoms with Gasteiger partial charge in [0.25, 0.3) is 17.4 Å². The predicted molar refractivity (Wildman–Crippen MR) is 119 cm³/mol. The van der Waals surface area contributed by atoms with Gasteiger partial charge in [-0.2, -0.15) is 0 Å². The van der Waals surface area contributed by atoms with Crippen molar-refractivity contribution >= 4 is 39.1 Å². The lowest BCUT2D eigenvalue weighted by Gasteiger charge is -2.22. The molecule has 2 amide bonds. The number of hydrogen-bond donors (Lipinski definition) is 2. The van der Waals surface area contributed by atoms with E-state index >= 15 is 0 Å². The molecular formula is C22H24N4O4S. The number of nitrogens with one attached hydrogen (secondary N) is 2. The Balaban J connectivity index is 1.52. The number of aromatic amines is 1. The number of anilines is 1. The van der Waals surface area contributed by atoms with Gasteiger partial charge in [-0.3, -0.25) is 14.4 Å². The zero-order chi connectivity index (χ0) is 21.8. The number of fused-ring (bicyclic) bond motifs is 1. The third kappa shape index (κ3) is 4.83. The van der Waals surface area contributed by atoms with Gasteiger partial charge in [0.1, 0.15) is 16.6 Å². The van der Waals surface area contributed by atoms with Gasteiger partial charge in [0, 0.05) is 24.4 Å². The smallest absolute Gasteiger partial charge is 0.268 e. The molecule has 0 saturated carbocycles. The van der Waals surface area contributed by atoms with Crippen LogP contribution >= 0.6 is 11.3 Å². The van der Waals surface area contributed by atoms with E-state index in [-0.39, 0.29) is 23.9 Å². The minimum absolute atomic E-state index is 0.192. The Labute approximate surface area is 183 Å². The average molecular weight is 441 g/mol. The zero-order valence-corrected chi connectivity index (χ0v) is 18.0. The van der Waals surface area contributed by atoms with Crippen molar-refractivity contribution in [2.45, 2.75) is 38.8 Å². The first-order chi connectivity index (χ1) is 15.0. The predicted octanol–water partition coefficient (Wildman–Crippen LogP) is 3.15. The minimum atomic E-state index is -0.439. The number of aromatic nitrogens is 2. The van der Waals surface area contributed by atoms with Crippen LogP contribution in [0.3, 0.4) is 0 Å². The van der Waals surface area contributed by atoms with Crippen molar-refractivity contribution in [1.29, 1.82) is 0 Å². The summed E-state index contributed by atoms with van der Waals surface area (Å²) in [7, 11) is 0. The molecule has 1 fully saturated rings. The van der Waals surface area contributed by atoms with E-state index in [0.29, 0.717) is 46.9 Å². The molecule has 1 aliphatic heterocycles. The van der Waals surface area contributed by atoms with E-state index in [1.165, 1.54) is 11.3 Å². The summed E-state index contributed by atoms with van der Waals surface area (Å²) in [4.78, 5) is 46.7. The fraction of sp³-hybridized carbons (Fsp3) is 0.364. The largest absolute Gasteiger partial charge is 0.368 e. The highest BCUT2D eigenvalue weighted by Crippen LogP contribution is 2.18. The summed E-state index contributed by atoms with van der Waals surface area (Å²) in [6.07, 6.45) is 1.89. The van der Waals surface area contributed by atoms with Crippen LogP contribution in [0.25, 0.3) is 10.2 Å². The Morgan fingerprint density at radius 2 is 2.23 bits per heavy atom. The molecule has 4 rings (SSSR count). The van der Waals surface area contributed by atoms with Crippen molar-refractivity contribution < 1.29 is 14.3 Å². The van der Waals surface area contributed by atoms with E-state index in [0.717, 1.165) is 12.8 Å². The number of amides is 2. The van der Waals surface area contributed by atoms with Gasteiger partial charge in [0.05, 0.1) is 12.1 Å². The fourth-order valence-corrected chi connectivity index (χ4v) is 4.34. The third-order valence-electron chi connectivity index (χ3n) is 5.08. The van der Waals surface area contributed by atoms with Crippen molar-refractivity contribution in [3.63, 3.8) is 0 Å². The molecule has 162 valence electrons. The maximum atomic E-state index is 13.2. The molecule has 9 heteroatoms. The fourth-order valence-electron chi connectivity index (χ4n) is 3.62. The molecule has 0 radical (unpaired) electrons. The molecule has 0 aliphatic carbocycles. The summed E-state index contributed by atoms with van der Waals surface area (Å²) in [6.45, 7) is 3.28. The SMILES string of the molecule is CCCN(Cc1nc2ccsc2c(=O)[nH]1)C(=O)c1cccc(NC(=O)C2CCCO2)c1. The number of carbonyl (C=O) groups excluding carboxylic acids is 2. The molecule has 31 heavy (non-hydrogen) atoms. The Morgan fingerprint density at radius 3 is 3.00 bits per heavy atom. The van der Waals surface area contributed by atoms with Gasteiger partial charge < -0.3 is 19.9 Å². The highest BCUT2D eigenvalue weighted by Gasteiger charge is 2.24. The second-order valence-corrected chi connectivity index (χ2v) is 8.36. The molecule has 1 saturated heterocycles. The number of carbonyl (C=O) groups is 2. The maximum absolute atomic E-state index is 13.2. The van der Waals surface area contributed by atoms with Crippen molar-refractivity contribution in [2.75, 3.05) is 18.5 Å². The van der Waals surface area contributed by atoms with Crippen molar-refractivity contribution in [2.24, 2.45) is 0 Å². The summed E-state index contributed by atoms with van der Waals surface area (Å²) in [5.74, 6) is 0.0574. The van der Waals surface area contributed by atoms with Crippen LogP contribution in [0.5, 0.6) is 0 Å². The number of benzene rings is 1. The molecule has 1 aliphatic rings. The van der Waals surface area contributed by atoms with Gasteiger partial charge >= 0.3 is 0 Å². The van der Waals surface area contributed by atoms with E-state index in [2.05, 4.69) is 15.3 Å². The van der Waals surface area contributed by atoms with E-state index in [1.807, 2.05) is 12.3 Å². The van der Waals surface area contributed by atoms with Crippen LogP contribution in [0.4, 0.5) is 5.69 Å². The lowest BCUT2D eigenvalue weighted by Crippen LogP contribution is -2.33. The van der Waals surface area contributed by atoms with Gasteiger partial charge in [-0.15, -0.1) is 11.3 Å². The topological polar surface area (TPSA) is 104 Å². The van der Waals surface area contributed by atoms with Crippen LogP contribution < -0.4 is 10.9 Å². The number of H-pyrrole nitrogens is 1. The van der Waals surface area contributed by atoms with Gasteiger partial charge in [0.15, 0.2) is 0 Å². The minimum Gasteiger partial charge on any atom is -0.368 e. The summed E-state index contributed by atoms with van der Waals surface area (Å²) in [5.41, 5.74) is 1.44. The van der Waals surface area contributed by atoms with Crippen LogP contribution in [0.15, 0.2) is 40.5 Å². The first kappa shape index (κ1) is 21.2. The van der Waals surface area contributed by atoms with Gasteiger partial charge in [-0.25, -0.2) is 4.98 Å². The summed E-state index contributed by atoms with van der Waals surface area (Å²) >= 11 is 1.34.